The molecular weight excluding hydrogens is 330 g/mol. The number of nitrogens with zero attached hydrogens (tertiary/aromatic N) is 2. The monoisotopic (exact) mass is 356 g/mol. The Bertz CT molecular complexity index is 594. The lowest BCUT2D eigenvalue weighted by molar-refractivity contribution is 0.0364. The van der Waals surface area contributed by atoms with Gasteiger partial charge in [0, 0.05) is 31.9 Å². The largest absolute Gasteiger partial charge is 0.387 e. The van der Waals surface area contributed by atoms with Crippen LogP contribution in [0.4, 0.5) is 25.0 Å². The number of likely N-dealkylation sites (N-methyl/N-ethyl adjacent to an activating group) is 1. The van der Waals surface area contributed by atoms with Crippen LogP contribution in [0.2, 0.25) is 0 Å². The molecule has 0 saturated carbocycles. The number of anilines is 2. The summed E-state index contributed by atoms with van der Waals surface area (Å²) in [6, 6.07) is 1.58. The van der Waals surface area contributed by atoms with E-state index in [-0.39, 0.29) is 17.9 Å². The molecule has 140 valence electrons. The van der Waals surface area contributed by atoms with E-state index in [9.17, 15) is 18.7 Å². The molecule has 0 unspecified atom stereocenters. The van der Waals surface area contributed by atoms with Crippen molar-refractivity contribution < 1.29 is 18.7 Å². The Morgan fingerprint density at radius 3 is 2.36 bits per heavy atom. The highest BCUT2D eigenvalue weighted by atomic mass is 19.1. The van der Waals surface area contributed by atoms with Crippen LogP contribution in [0.3, 0.4) is 0 Å². The number of urea groups is 1. The smallest absolute Gasteiger partial charge is 0.319 e. The number of nitrogens with one attached hydrogen (secondary N) is 2. The van der Waals surface area contributed by atoms with E-state index < -0.39 is 23.3 Å². The van der Waals surface area contributed by atoms with E-state index in [0.29, 0.717) is 19.6 Å². The van der Waals surface area contributed by atoms with E-state index in [1.54, 1.807) is 16.7 Å². The molecule has 1 fully saturated rings. The van der Waals surface area contributed by atoms with Crippen LogP contribution < -0.4 is 15.5 Å². The maximum absolute atomic E-state index is 14.2. The molecule has 1 heterocycles. The van der Waals surface area contributed by atoms with Gasteiger partial charge in [-0.3, -0.25) is 0 Å². The first-order chi connectivity index (χ1) is 11.7. The lowest BCUT2D eigenvalue weighted by Gasteiger charge is -2.27. The molecule has 1 aromatic rings. The molecule has 0 spiro atoms. The summed E-state index contributed by atoms with van der Waals surface area (Å²) in [6.07, 6.45) is 1.82. The Balaban J connectivity index is 1.97. The molecule has 8 heteroatoms. The SMILES string of the molecule is CN(C)C[C@](C)(O)CNC(=O)Nc1cc(F)c(N2CCCC2)c(F)c1. The van der Waals surface area contributed by atoms with Crippen molar-refractivity contribution >= 4 is 17.4 Å². The van der Waals surface area contributed by atoms with Crippen LogP contribution in [0.25, 0.3) is 0 Å². The molecule has 1 aromatic carbocycles. The molecule has 1 saturated heterocycles. The van der Waals surface area contributed by atoms with Crippen molar-refractivity contribution in [1.29, 1.82) is 0 Å². The summed E-state index contributed by atoms with van der Waals surface area (Å²) in [5.41, 5.74) is -1.13. The molecule has 1 atom stereocenters. The van der Waals surface area contributed by atoms with Crippen molar-refractivity contribution in [3.05, 3.63) is 23.8 Å². The summed E-state index contributed by atoms with van der Waals surface area (Å²) in [5, 5.41) is 15.0. The zero-order valence-electron chi connectivity index (χ0n) is 14.9. The van der Waals surface area contributed by atoms with E-state index in [1.165, 1.54) is 0 Å². The topological polar surface area (TPSA) is 67.8 Å². The summed E-state index contributed by atoms with van der Waals surface area (Å²) in [6.45, 7) is 3.22. The fourth-order valence-corrected chi connectivity index (χ4v) is 3.06. The van der Waals surface area contributed by atoms with Crippen LogP contribution >= 0.6 is 0 Å². The van der Waals surface area contributed by atoms with Gasteiger partial charge in [0.2, 0.25) is 0 Å². The number of rotatable bonds is 6. The first-order valence-corrected chi connectivity index (χ1v) is 8.34. The molecule has 1 aliphatic rings. The first-order valence-electron chi connectivity index (χ1n) is 8.34. The average Bonchev–Trinajstić information content (AvgIpc) is 2.97. The second-order valence-electron chi connectivity index (χ2n) is 7.03. The Hall–Kier alpha value is -1.93. The lowest BCUT2D eigenvalue weighted by atomic mass is 10.1. The minimum absolute atomic E-state index is 0.00778. The molecule has 2 rings (SSSR count). The van der Waals surface area contributed by atoms with Crippen molar-refractivity contribution in [3.63, 3.8) is 0 Å². The van der Waals surface area contributed by atoms with Gasteiger partial charge in [0.25, 0.3) is 0 Å². The fourth-order valence-electron chi connectivity index (χ4n) is 3.06. The van der Waals surface area contributed by atoms with Crippen molar-refractivity contribution in [1.82, 2.24) is 10.2 Å². The van der Waals surface area contributed by atoms with Crippen molar-refractivity contribution in [2.24, 2.45) is 0 Å². The van der Waals surface area contributed by atoms with Crippen LogP contribution in [-0.4, -0.2) is 61.9 Å². The quantitative estimate of drug-likeness (QED) is 0.729. The van der Waals surface area contributed by atoms with Gasteiger partial charge in [-0.2, -0.15) is 0 Å². The van der Waals surface area contributed by atoms with Gasteiger partial charge in [-0.25, -0.2) is 13.6 Å². The van der Waals surface area contributed by atoms with E-state index in [1.807, 2.05) is 14.1 Å². The Kier molecular flexibility index (Phi) is 6.18. The molecule has 0 bridgehead atoms. The second kappa shape index (κ2) is 7.97. The number of hydrogen-bond acceptors (Lipinski definition) is 4. The number of carbonyl (C=O) groups excluding carboxylic acids is 1. The fraction of sp³-hybridized carbons (Fsp3) is 0.588. The minimum atomic E-state index is -1.11. The normalized spacial score (nSPS) is 16.8. The van der Waals surface area contributed by atoms with Gasteiger partial charge in [0.05, 0.1) is 5.60 Å². The molecule has 0 radical (unpaired) electrons. The molecule has 25 heavy (non-hydrogen) atoms. The van der Waals surface area contributed by atoms with Crippen molar-refractivity contribution in [3.8, 4) is 0 Å². The summed E-state index contributed by atoms with van der Waals surface area (Å²) >= 11 is 0. The first kappa shape index (κ1) is 19.4. The minimum Gasteiger partial charge on any atom is -0.387 e. The summed E-state index contributed by atoms with van der Waals surface area (Å²) in [7, 11) is 3.62. The van der Waals surface area contributed by atoms with Gasteiger partial charge in [-0.15, -0.1) is 0 Å². The number of amides is 2. The van der Waals surface area contributed by atoms with Gasteiger partial charge in [-0.05, 0) is 46.0 Å². The molecule has 2 amide bonds. The maximum Gasteiger partial charge on any atom is 0.319 e. The predicted octanol–water partition coefficient (Wildman–Crippen LogP) is 2.00. The molecule has 1 aliphatic heterocycles. The van der Waals surface area contributed by atoms with Crippen LogP contribution in [-0.2, 0) is 0 Å². The van der Waals surface area contributed by atoms with E-state index >= 15 is 0 Å². The number of carbonyl (C=O) groups is 1. The van der Waals surface area contributed by atoms with Crippen LogP contribution in [0, 0.1) is 11.6 Å². The second-order valence-corrected chi connectivity index (χ2v) is 7.03. The Labute approximate surface area is 146 Å². The molecule has 0 aromatic heterocycles. The number of halogens is 2. The van der Waals surface area contributed by atoms with E-state index in [4.69, 9.17) is 0 Å². The highest BCUT2D eigenvalue weighted by molar-refractivity contribution is 5.89. The Morgan fingerprint density at radius 2 is 1.84 bits per heavy atom. The zero-order valence-corrected chi connectivity index (χ0v) is 14.9. The summed E-state index contributed by atoms with van der Waals surface area (Å²) < 4.78 is 28.5. The Morgan fingerprint density at radius 1 is 1.28 bits per heavy atom. The predicted molar refractivity (Wildman–Crippen MR) is 94.0 cm³/mol. The summed E-state index contributed by atoms with van der Waals surface area (Å²) in [4.78, 5) is 15.4. The highest BCUT2D eigenvalue weighted by Crippen LogP contribution is 2.29. The van der Waals surface area contributed by atoms with Gasteiger partial charge in [0.1, 0.15) is 5.69 Å². The van der Waals surface area contributed by atoms with Gasteiger partial charge in [0.15, 0.2) is 11.6 Å². The molecule has 3 N–H and O–H groups in total. The molecule has 6 nitrogen and oxygen atoms in total. The van der Waals surface area contributed by atoms with Crippen LogP contribution in [0.1, 0.15) is 19.8 Å². The summed E-state index contributed by atoms with van der Waals surface area (Å²) in [5.74, 6) is -1.39. The zero-order chi connectivity index (χ0) is 18.6. The van der Waals surface area contributed by atoms with Gasteiger partial charge >= 0.3 is 6.03 Å². The number of benzene rings is 1. The van der Waals surface area contributed by atoms with Crippen molar-refractivity contribution in [2.45, 2.75) is 25.4 Å². The molecular formula is C17H26F2N4O2. The number of aliphatic hydroxyl groups is 1. The average molecular weight is 356 g/mol. The van der Waals surface area contributed by atoms with Crippen molar-refractivity contribution in [2.75, 3.05) is 50.5 Å². The molecule has 0 aliphatic carbocycles. The lowest BCUT2D eigenvalue weighted by Crippen LogP contribution is -2.48. The number of hydrogen-bond donors (Lipinski definition) is 3. The standard InChI is InChI=1S/C17H26F2N4O2/c1-17(25,11-22(2)3)10-20-16(24)21-12-8-13(18)15(14(19)9-12)23-6-4-5-7-23/h8-9,25H,4-7,10-11H2,1-3H3,(H2,20,21,24)/t17-/m1/s1. The highest BCUT2D eigenvalue weighted by Gasteiger charge is 2.23. The third-order valence-corrected chi connectivity index (χ3v) is 3.98. The van der Waals surface area contributed by atoms with Gasteiger partial charge in [-0.1, -0.05) is 0 Å². The van der Waals surface area contributed by atoms with Crippen LogP contribution in [0.15, 0.2) is 12.1 Å². The van der Waals surface area contributed by atoms with E-state index in [0.717, 1.165) is 25.0 Å². The maximum atomic E-state index is 14.2. The third-order valence-electron chi connectivity index (χ3n) is 3.98. The van der Waals surface area contributed by atoms with Crippen LogP contribution in [0.5, 0.6) is 0 Å². The third kappa shape index (κ3) is 5.54. The van der Waals surface area contributed by atoms with E-state index in [2.05, 4.69) is 10.6 Å². The van der Waals surface area contributed by atoms with Gasteiger partial charge < -0.3 is 25.5 Å².